The van der Waals surface area contributed by atoms with Gasteiger partial charge in [-0.25, -0.2) is 4.39 Å². The van der Waals surface area contributed by atoms with Crippen LogP contribution in [-0.4, -0.2) is 11.7 Å². The Morgan fingerprint density at radius 2 is 1.70 bits per heavy atom. The molecule has 0 spiro atoms. The molecule has 1 N–H and O–H groups in total. The van der Waals surface area contributed by atoms with E-state index in [0.717, 1.165) is 16.9 Å². The van der Waals surface area contributed by atoms with Crippen molar-refractivity contribution < 1.29 is 14.0 Å². The molecule has 0 saturated carbocycles. The summed E-state index contributed by atoms with van der Waals surface area (Å²) in [6.45, 7) is 1.80. The third-order valence-corrected chi connectivity index (χ3v) is 6.50. The first-order valence-electron chi connectivity index (χ1n) is 11.3. The molecule has 33 heavy (non-hydrogen) atoms. The van der Waals surface area contributed by atoms with Crippen LogP contribution in [0.3, 0.4) is 0 Å². The molecule has 1 aliphatic carbocycles. The third-order valence-electron chi connectivity index (χ3n) is 6.50. The average molecular weight is 441 g/mol. The predicted octanol–water partition coefficient (Wildman–Crippen LogP) is 6.14. The molecule has 166 valence electrons. The number of carbonyl (C=O) groups is 2. The average Bonchev–Trinajstić information content (AvgIpc) is 2.98. The van der Waals surface area contributed by atoms with E-state index in [1.54, 1.807) is 24.0 Å². The number of para-hydroxylation sites is 2. The van der Waals surface area contributed by atoms with Crippen LogP contribution in [0.15, 0.2) is 90.1 Å². The highest BCUT2D eigenvalue weighted by Crippen LogP contribution is 2.47. The van der Waals surface area contributed by atoms with Crippen molar-refractivity contribution in [3.63, 3.8) is 0 Å². The van der Waals surface area contributed by atoms with Gasteiger partial charge in [0.2, 0.25) is 5.91 Å². The van der Waals surface area contributed by atoms with E-state index in [9.17, 15) is 14.0 Å². The number of anilines is 2. The van der Waals surface area contributed by atoms with Crippen molar-refractivity contribution in [2.45, 2.75) is 38.1 Å². The van der Waals surface area contributed by atoms with Gasteiger partial charge < -0.3 is 5.32 Å². The first-order valence-corrected chi connectivity index (χ1v) is 11.3. The topological polar surface area (TPSA) is 49.4 Å². The molecule has 0 unspecified atom stereocenters. The molecule has 0 aromatic heterocycles. The smallest absolute Gasteiger partial charge is 0.227 e. The highest BCUT2D eigenvalue weighted by molar-refractivity contribution is 6.06. The van der Waals surface area contributed by atoms with Crippen LogP contribution in [0, 0.1) is 5.82 Å². The van der Waals surface area contributed by atoms with Crippen molar-refractivity contribution in [1.29, 1.82) is 0 Å². The molecule has 5 heteroatoms. The van der Waals surface area contributed by atoms with E-state index in [0.29, 0.717) is 29.7 Å². The Balaban J connectivity index is 1.72. The second-order valence-electron chi connectivity index (χ2n) is 8.55. The first-order chi connectivity index (χ1) is 16.1. The summed E-state index contributed by atoms with van der Waals surface area (Å²) in [6.07, 6.45) is 1.25. The maximum Gasteiger partial charge on any atom is 0.227 e. The van der Waals surface area contributed by atoms with Crippen LogP contribution in [-0.2, 0) is 9.59 Å². The molecule has 0 fully saturated rings. The zero-order chi connectivity index (χ0) is 22.9. The molecule has 4 nitrogen and oxygen atoms in total. The van der Waals surface area contributed by atoms with Crippen molar-refractivity contribution in [3.05, 3.63) is 107 Å². The summed E-state index contributed by atoms with van der Waals surface area (Å²) in [5.74, 6) is -0.494. The van der Waals surface area contributed by atoms with Crippen LogP contribution in [0.25, 0.3) is 0 Å². The summed E-state index contributed by atoms with van der Waals surface area (Å²) in [6, 6.07) is 23.1. The lowest BCUT2D eigenvalue weighted by atomic mass is 9.78. The van der Waals surface area contributed by atoms with Crippen LogP contribution in [0.1, 0.15) is 49.3 Å². The van der Waals surface area contributed by atoms with Crippen molar-refractivity contribution in [3.8, 4) is 0 Å². The quantitative estimate of drug-likeness (QED) is 0.532. The van der Waals surface area contributed by atoms with Gasteiger partial charge in [-0.05, 0) is 47.7 Å². The van der Waals surface area contributed by atoms with Gasteiger partial charge in [-0.2, -0.15) is 0 Å². The summed E-state index contributed by atoms with van der Waals surface area (Å²) in [5.41, 5.74) is 4.51. The minimum absolute atomic E-state index is 0.0198. The second-order valence-corrected chi connectivity index (χ2v) is 8.55. The van der Waals surface area contributed by atoms with Gasteiger partial charge in [0.25, 0.3) is 0 Å². The van der Waals surface area contributed by atoms with E-state index in [2.05, 4.69) is 5.32 Å². The zero-order valence-electron chi connectivity index (χ0n) is 18.4. The Kier molecular flexibility index (Phi) is 5.55. The van der Waals surface area contributed by atoms with Crippen LogP contribution in [0.5, 0.6) is 0 Å². The fourth-order valence-electron chi connectivity index (χ4n) is 4.99. The van der Waals surface area contributed by atoms with Gasteiger partial charge in [0.15, 0.2) is 5.78 Å². The third kappa shape index (κ3) is 3.84. The summed E-state index contributed by atoms with van der Waals surface area (Å²) in [5, 5.41) is 3.49. The van der Waals surface area contributed by atoms with Gasteiger partial charge in [-0.15, -0.1) is 0 Å². The minimum atomic E-state index is -0.691. The standard InChI is InChI=1S/C28H25FN2O2/c1-2-26(33)31-24-14-7-6-13-22(24)30-23-16-20(18-9-4-3-5-10-18)17-25(32)27(23)28(31)19-11-8-12-21(29)15-19/h3-15,20,28,30H,2,16-17H2,1H3/t20-,28+/m0/s1. The Hall–Kier alpha value is -3.73. The maximum absolute atomic E-state index is 14.3. The molecule has 3 aromatic carbocycles. The number of ketones is 1. The second kappa shape index (κ2) is 8.66. The largest absolute Gasteiger partial charge is 0.357 e. The van der Waals surface area contributed by atoms with Crippen LogP contribution in [0.4, 0.5) is 15.8 Å². The van der Waals surface area contributed by atoms with Crippen LogP contribution in [0.2, 0.25) is 0 Å². The number of benzene rings is 3. The lowest BCUT2D eigenvalue weighted by Crippen LogP contribution is -2.38. The van der Waals surface area contributed by atoms with E-state index >= 15 is 0 Å². The molecule has 2 aliphatic rings. The number of Topliss-reactive ketones (excluding diaryl/α,β-unsaturated/α-hetero) is 1. The van der Waals surface area contributed by atoms with Gasteiger partial charge in [0.1, 0.15) is 5.82 Å². The molecular formula is C28H25FN2O2. The van der Waals surface area contributed by atoms with E-state index in [1.165, 1.54) is 12.1 Å². The molecular weight excluding hydrogens is 415 g/mol. The van der Waals surface area contributed by atoms with Crippen molar-refractivity contribution in [1.82, 2.24) is 0 Å². The Labute approximate surface area is 192 Å². The molecule has 2 atom stereocenters. The number of hydrogen-bond acceptors (Lipinski definition) is 3. The minimum Gasteiger partial charge on any atom is -0.357 e. The summed E-state index contributed by atoms with van der Waals surface area (Å²) < 4.78 is 14.3. The highest BCUT2D eigenvalue weighted by Gasteiger charge is 2.41. The summed E-state index contributed by atoms with van der Waals surface area (Å²) in [4.78, 5) is 28.7. The number of halogens is 1. The molecule has 0 saturated heterocycles. The molecule has 1 amide bonds. The van der Waals surface area contributed by atoms with E-state index in [-0.39, 0.29) is 24.0 Å². The molecule has 5 rings (SSSR count). The monoisotopic (exact) mass is 440 g/mol. The van der Waals surface area contributed by atoms with Gasteiger partial charge in [0.05, 0.1) is 17.4 Å². The SMILES string of the molecule is CCC(=O)N1c2ccccc2NC2=C(C(=O)C[C@@H](c3ccccc3)C2)[C@H]1c1cccc(F)c1. The number of nitrogens with one attached hydrogen (secondary N) is 1. The van der Waals surface area contributed by atoms with Gasteiger partial charge >= 0.3 is 0 Å². The van der Waals surface area contributed by atoms with Crippen molar-refractivity contribution in [2.75, 3.05) is 10.2 Å². The summed E-state index contributed by atoms with van der Waals surface area (Å²) >= 11 is 0. The van der Waals surface area contributed by atoms with E-state index in [4.69, 9.17) is 0 Å². The highest BCUT2D eigenvalue weighted by atomic mass is 19.1. The van der Waals surface area contributed by atoms with E-state index in [1.807, 2.05) is 54.6 Å². The van der Waals surface area contributed by atoms with Gasteiger partial charge in [-0.1, -0.05) is 61.5 Å². The number of hydrogen-bond donors (Lipinski definition) is 1. The number of rotatable bonds is 3. The lowest BCUT2D eigenvalue weighted by Gasteiger charge is -2.35. The molecule has 1 heterocycles. The molecule has 1 aliphatic heterocycles. The number of fused-ring (bicyclic) bond motifs is 1. The normalized spacial score (nSPS) is 19.9. The number of nitrogens with zero attached hydrogens (tertiary/aromatic N) is 1. The Morgan fingerprint density at radius 1 is 0.970 bits per heavy atom. The van der Waals surface area contributed by atoms with E-state index < -0.39 is 11.9 Å². The van der Waals surface area contributed by atoms with Crippen molar-refractivity contribution >= 4 is 23.1 Å². The maximum atomic E-state index is 14.3. The number of allylic oxidation sites excluding steroid dienone is 1. The Bertz CT molecular complexity index is 1250. The fourth-order valence-corrected chi connectivity index (χ4v) is 4.99. The van der Waals surface area contributed by atoms with Crippen molar-refractivity contribution in [2.24, 2.45) is 0 Å². The first kappa shape index (κ1) is 21.1. The zero-order valence-corrected chi connectivity index (χ0v) is 18.4. The molecule has 3 aromatic rings. The molecule has 0 bridgehead atoms. The number of amides is 1. The summed E-state index contributed by atoms with van der Waals surface area (Å²) in [7, 11) is 0. The van der Waals surface area contributed by atoms with Gasteiger partial charge in [0, 0.05) is 24.1 Å². The Morgan fingerprint density at radius 3 is 2.45 bits per heavy atom. The lowest BCUT2D eigenvalue weighted by molar-refractivity contribution is -0.119. The molecule has 0 radical (unpaired) electrons. The van der Waals surface area contributed by atoms with Gasteiger partial charge in [-0.3, -0.25) is 14.5 Å². The van der Waals surface area contributed by atoms with Crippen LogP contribution >= 0.6 is 0 Å². The predicted molar refractivity (Wildman–Crippen MR) is 127 cm³/mol. The fraction of sp³-hybridized carbons (Fsp3) is 0.214. The number of carbonyl (C=O) groups excluding carboxylic acids is 2. The van der Waals surface area contributed by atoms with Crippen LogP contribution < -0.4 is 10.2 Å².